The average molecular weight is 626 g/mol. The number of aryl methyl sites for hydroxylation is 3. The minimum atomic E-state index is -4.14. The molecule has 0 bridgehead atoms. The van der Waals surface area contributed by atoms with E-state index in [0.717, 1.165) is 22.3 Å². The summed E-state index contributed by atoms with van der Waals surface area (Å²) in [5, 5.41) is 3.02. The van der Waals surface area contributed by atoms with Gasteiger partial charge in [0.2, 0.25) is 11.8 Å². The number of amides is 2. The predicted octanol–water partition coefficient (Wildman–Crippen LogP) is 6.22. The van der Waals surface area contributed by atoms with Gasteiger partial charge >= 0.3 is 0 Å². The summed E-state index contributed by atoms with van der Waals surface area (Å²) in [6, 6.07) is 30.2. The van der Waals surface area contributed by atoms with Crippen molar-refractivity contribution in [2.24, 2.45) is 5.92 Å². The largest absolute Gasteiger partial charge is 0.354 e. The second-order valence-corrected chi connectivity index (χ2v) is 13.8. The van der Waals surface area contributed by atoms with Crippen LogP contribution < -0.4 is 9.62 Å². The number of sulfonamides is 1. The molecule has 1 unspecified atom stereocenters. The summed E-state index contributed by atoms with van der Waals surface area (Å²) < 4.78 is 29.6. The van der Waals surface area contributed by atoms with Crippen LogP contribution in [-0.4, -0.2) is 44.3 Å². The number of anilines is 1. The number of hydrogen-bond acceptors (Lipinski definition) is 4. The molecule has 0 heterocycles. The zero-order chi connectivity index (χ0) is 32.6. The van der Waals surface area contributed by atoms with Gasteiger partial charge in [0, 0.05) is 19.5 Å². The molecule has 45 heavy (non-hydrogen) atoms. The highest BCUT2D eigenvalue weighted by Crippen LogP contribution is 2.28. The zero-order valence-electron chi connectivity index (χ0n) is 26.7. The second-order valence-electron chi connectivity index (χ2n) is 12.0. The van der Waals surface area contributed by atoms with Crippen LogP contribution in [0, 0.1) is 26.7 Å². The third kappa shape index (κ3) is 8.82. The molecule has 0 saturated carbocycles. The first-order chi connectivity index (χ1) is 21.5. The van der Waals surface area contributed by atoms with Crippen LogP contribution in [0.1, 0.15) is 41.7 Å². The van der Waals surface area contributed by atoms with E-state index in [9.17, 15) is 18.0 Å². The number of nitrogens with one attached hydrogen (secondary N) is 1. The molecule has 0 aromatic heterocycles. The van der Waals surface area contributed by atoms with E-state index < -0.39 is 28.5 Å². The predicted molar refractivity (Wildman–Crippen MR) is 180 cm³/mol. The second kappa shape index (κ2) is 15.0. The first kappa shape index (κ1) is 33.5. The zero-order valence-corrected chi connectivity index (χ0v) is 27.6. The van der Waals surface area contributed by atoms with Crippen molar-refractivity contribution in [1.82, 2.24) is 10.2 Å². The van der Waals surface area contributed by atoms with Crippen molar-refractivity contribution < 1.29 is 18.0 Å². The van der Waals surface area contributed by atoms with Crippen molar-refractivity contribution in [3.63, 3.8) is 0 Å². The Kier molecular flexibility index (Phi) is 11.2. The number of benzene rings is 4. The fourth-order valence-electron chi connectivity index (χ4n) is 5.06. The number of hydrogen-bond donors (Lipinski definition) is 1. The van der Waals surface area contributed by atoms with Crippen molar-refractivity contribution >= 4 is 27.5 Å². The highest BCUT2D eigenvalue weighted by atomic mass is 32.2. The number of para-hydroxylation sites is 1. The minimum absolute atomic E-state index is 0.0877. The van der Waals surface area contributed by atoms with Crippen LogP contribution in [-0.2, 0) is 32.6 Å². The van der Waals surface area contributed by atoms with E-state index >= 15 is 0 Å². The molecule has 1 N–H and O–H groups in total. The Morgan fingerprint density at radius 1 is 0.733 bits per heavy atom. The van der Waals surface area contributed by atoms with Gasteiger partial charge in [-0.15, -0.1) is 0 Å². The van der Waals surface area contributed by atoms with E-state index in [4.69, 9.17) is 0 Å². The fraction of sp³-hybridized carbons (Fsp3) is 0.297. The van der Waals surface area contributed by atoms with Crippen molar-refractivity contribution in [3.05, 3.63) is 131 Å². The average Bonchev–Trinajstić information content (AvgIpc) is 3.02. The lowest BCUT2D eigenvalue weighted by molar-refractivity contribution is -0.140. The summed E-state index contributed by atoms with van der Waals surface area (Å²) in [7, 11) is -4.14. The molecule has 0 radical (unpaired) electrons. The smallest absolute Gasteiger partial charge is 0.264 e. The molecule has 1 atom stereocenters. The Labute approximate surface area is 268 Å². The Bertz CT molecular complexity index is 1690. The van der Waals surface area contributed by atoms with Crippen LogP contribution in [0.15, 0.2) is 108 Å². The number of nitrogens with zero attached hydrogens (tertiary/aromatic N) is 2. The molecule has 2 amide bonds. The lowest BCUT2D eigenvalue weighted by Gasteiger charge is -2.34. The van der Waals surface area contributed by atoms with Crippen LogP contribution in [0.3, 0.4) is 0 Å². The summed E-state index contributed by atoms with van der Waals surface area (Å²) in [6.45, 7) is 9.83. The first-order valence-electron chi connectivity index (χ1n) is 15.3. The van der Waals surface area contributed by atoms with E-state index in [-0.39, 0.29) is 29.7 Å². The lowest BCUT2D eigenvalue weighted by atomic mass is 10.0. The normalized spacial score (nSPS) is 12.0. The lowest BCUT2D eigenvalue weighted by Crippen LogP contribution is -2.53. The van der Waals surface area contributed by atoms with E-state index in [1.54, 1.807) is 36.4 Å². The number of carbonyl (C=O) groups is 2. The van der Waals surface area contributed by atoms with Gasteiger partial charge in [-0.25, -0.2) is 8.42 Å². The maximum atomic E-state index is 14.6. The molecule has 0 spiro atoms. The molecule has 236 valence electrons. The molecular formula is C37H43N3O4S. The molecule has 8 heteroatoms. The van der Waals surface area contributed by atoms with Crippen LogP contribution in [0.5, 0.6) is 0 Å². The van der Waals surface area contributed by atoms with Gasteiger partial charge in [-0.2, -0.15) is 0 Å². The standard InChI is InChI=1S/C37H43N3O4S/c1-27(2)24-38-37(42)35(23-31-12-7-6-8-13-31)39(25-32-19-15-28(3)16-20-32)36(41)26-40(34-14-10-9-11-30(34)5)45(43,44)33-21-17-29(4)18-22-33/h6-22,27,35H,23-26H2,1-5H3,(H,38,42). The van der Waals surface area contributed by atoms with Gasteiger partial charge in [0.05, 0.1) is 10.6 Å². The van der Waals surface area contributed by atoms with Gasteiger partial charge in [-0.1, -0.05) is 110 Å². The molecule has 0 aliphatic rings. The Morgan fingerprint density at radius 2 is 1.31 bits per heavy atom. The highest BCUT2D eigenvalue weighted by molar-refractivity contribution is 7.92. The van der Waals surface area contributed by atoms with Gasteiger partial charge in [-0.3, -0.25) is 13.9 Å². The summed E-state index contributed by atoms with van der Waals surface area (Å²) in [6.07, 6.45) is 0.275. The van der Waals surface area contributed by atoms with Crippen molar-refractivity contribution in [2.75, 3.05) is 17.4 Å². The summed E-state index contributed by atoms with van der Waals surface area (Å²) in [4.78, 5) is 30.0. The Balaban J connectivity index is 1.80. The summed E-state index contributed by atoms with van der Waals surface area (Å²) in [5.41, 5.74) is 4.85. The van der Waals surface area contributed by atoms with Gasteiger partial charge in [0.25, 0.3) is 10.0 Å². The summed E-state index contributed by atoms with van der Waals surface area (Å²) in [5.74, 6) is -0.546. The molecule has 0 aliphatic carbocycles. The van der Waals surface area contributed by atoms with Crippen LogP contribution in [0.4, 0.5) is 5.69 Å². The SMILES string of the molecule is Cc1ccc(CN(C(=O)CN(c2ccccc2C)S(=O)(=O)c2ccc(C)cc2)C(Cc2ccccc2)C(=O)NCC(C)C)cc1. The fourth-order valence-corrected chi connectivity index (χ4v) is 6.54. The van der Waals surface area contributed by atoms with Crippen molar-refractivity contribution in [3.8, 4) is 0 Å². The number of carbonyl (C=O) groups excluding carboxylic acids is 2. The molecular weight excluding hydrogens is 582 g/mol. The molecule has 0 aliphatic heterocycles. The van der Waals surface area contributed by atoms with E-state index in [1.807, 2.05) is 101 Å². The maximum absolute atomic E-state index is 14.6. The van der Waals surface area contributed by atoms with E-state index in [1.165, 1.54) is 9.21 Å². The van der Waals surface area contributed by atoms with Gasteiger partial charge < -0.3 is 10.2 Å². The third-order valence-electron chi connectivity index (χ3n) is 7.70. The molecule has 4 aromatic rings. The van der Waals surface area contributed by atoms with Gasteiger partial charge in [0.1, 0.15) is 12.6 Å². The quantitative estimate of drug-likeness (QED) is 0.191. The Morgan fingerprint density at radius 3 is 1.91 bits per heavy atom. The monoisotopic (exact) mass is 625 g/mol. The molecule has 4 rings (SSSR count). The molecule has 7 nitrogen and oxygen atoms in total. The van der Waals surface area contributed by atoms with Crippen LogP contribution in [0.2, 0.25) is 0 Å². The van der Waals surface area contributed by atoms with Gasteiger partial charge in [-0.05, 0) is 61.6 Å². The molecule has 4 aromatic carbocycles. The van der Waals surface area contributed by atoms with E-state index in [0.29, 0.717) is 17.8 Å². The number of rotatable bonds is 13. The molecule has 0 fully saturated rings. The van der Waals surface area contributed by atoms with Crippen molar-refractivity contribution in [2.45, 2.75) is 58.5 Å². The third-order valence-corrected chi connectivity index (χ3v) is 9.48. The first-order valence-corrected chi connectivity index (χ1v) is 16.7. The Hall–Kier alpha value is -4.43. The topological polar surface area (TPSA) is 86.8 Å². The molecule has 0 saturated heterocycles. The highest BCUT2D eigenvalue weighted by Gasteiger charge is 2.35. The minimum Gasteiger partial charge on any atom is -0.354 e. The maximum Gasteiger partial charge on any atom is 0.264 e. The van der Waals surface area contributed by atoms with Crippen LogP contribution in [0.25, 0.3) is 0 Å². The summed E-state index contributed by atoms with van der Waals surface area (Å²) >= 11 is 0. The van der Waals surface area contributed by atoms with E-state index in [2.05, 4.69) is 5.32 Å². The van der Waals surface area contributed by atoms with Gasteiger partial charge in [0.15, 0.2) is 0 Å². The van der Waals surface area contributed by atoms with Crippen LogP contribution >= 0.6 is 0 Å². The van der Waals surface area contributed by atoms with Crippen molar-refractivity contribution in [1.29, 1.82) is 0 Å².